The fourth-order valence-corrected chi connectivity index (χ4v) is 3.19. The zero-order valence-electron chi connectivity index (χ0n) is 15.1. The molecular weight excluding hydrogens is 391 g/mol. The van der Waals surface area contributed by atoms with E-state index >= 15 is 0 Å². The van der Waals surface area contributed by atoms with Crippen molar-refractivity contribution < 1.29 is 31.9 Å². The first-order valence-corrected chi connectivity index (χ1v) is 8.51. The van der Waals surface area contributed by atoms with Gasteiger partial charge in [-0.25, -0.2) is 9.59 Å². The van der Waals surface area contributed by atoms with E-state index in [1.807, 2.05) is 0 Å². The van der Waals surface area contributed by atoms with Crippen molar-refractivity contribution in [2.24, 2.45) is 0 Å². The molecule has 0 bridgehead atoms. The Bertz CT molecular complexity index is 1170. The Morgan fingerprint density at radius 2 is 1.97 bits per heavy atom. The molecule has 0 fully saturated rings. The average Bonchev–Trinajstić information content (AvgIpc) is 2.72. The molecule has 0 amide bonds. The molecule has 1 aromatic heterocycles. The number of carbonyl (C=O) groups is 1. The highest BCUT2D eigenvalue weighted by Crippen LogP contribution is 2.36. The third kappa shape index (κ3) is 3.39. The fraction of sp³-hybridized carbons (Fsp3) is 0.200. The number of anilines is 1. The average molecular weight is 405 g/mol. The van der Waals surface area contributed by atoms with E-state index in [-0.39, 0.29) is 24.4 Å². The van der Waals surface area contributed by atoms with Crippen LogP contribution in [0.5, 0.6) is 5.75 Å². The van der Waals surface area contributed by atoms with E-state index in [1.165, 1.54) is 12.1 Å². The second-order valence-electron chi connectivity index (χ2n) is 6.42. The summed E-state index contributed by atoms with van der Waals surface area (Å²) in [6.07, 6.45) is -4.46. The first kappa shape index (κ1) is 18.9. The minimum absolute atomic E-state index is 0.0320. The summed E-state index contributed by atoms with van der Waals surface area (Å²) >= 11 is 0. The second kappa shape index (κ2) is 6.84. The number of nitrogens with zero attached hydrogens (tertiary/aromatic N) is 1. The number of ether oxygens (including phenoxy) is 2. The molecular formula is C20H14F3NO5. The molecule has 0 radical (unpaired) electrons. The Morgan fingerprint density at radius 3 is 2.69 bits per heavy atom. The zero-order valence-corrected chi connectivity index (χ0v) is 15.1. The lowest BCUT2D eigenvalue weighted by molar-refractivity contribution is -0.137. The van der Waals surface area contributed by atoms with Gasteiger partial charge in [0.2, 0.25) is 0 Å². The number of alkyl halides is 3. The summed E-state index contributed by atoms with van der Waals surface area (Å²) in [7, 11) is 1.15. The Morgan fingerprint density at radius 1 is 1.17 bits per heavy atom. The van der Waals surface area contributed by atoms with Crippen LogP contribution in [0, 0.1) is 0 Å². The van der Waals surface area contributed by atoms with Gasteiger partial charge >= 0.3 is 17.8 Å². The highest BCUT2D eigenvalue weighted by atomic mass is 19.4. The number of rotatable bonds is 2. The van der Waals surface area contributed by atoms with Gasteiger partial charge in [0.25, 0.3) is 0 Å². The third-order valence-corrected chi connectivity index (χ3v) is 4.63. The summed E-state index contributed by atoms with van der Waals surface area (Å²) in [5, 5.41) is 0.471. The molecule has 1 aliphatic heterocycles. The van der Waals surface area contributed by atoms with Crippen LogP contribution in [-0.2, 0) is 17.5 Å². The number of carbonyl (C=O) groups excluding carboxylic acids is 1. The van der Waals surface area contributed by atoms with Crippen LogP contribution in [0.3, 0.4) is 0 Å². The van der Waals surface area contributed by atoms with Crippen LogP contribution >= 0.6 is 0 Å². The van der Waals surface area contributed by atoms with E-state index < -0.39 is 23.3 Å². The predicted molar refractivity (Wildman–Crippen MR) is 96.9 cm³/mol. The van der Waals surface area contributed by atoms with E-state index in [9.17, 15) is 22.8 Å². The van der Waals surface area contributed by atoms with Gasteiger partial charge in [-0.2, -0.15) is 13.2 Å². The summed E-state index contributed by atoms with van der Waals surface area (Å²) in [6.45, 7) is 0.193. The summed E-state index contributed by atoms with van der Waals surface area (Å²) in [5.41, 5.74) is -0.860. The van der Waals surface area contributed by atoms with E-state index in [4.69, 9.17) is 9.15 Å². The summed E-state index contributed by atoms with van der Waals surface area (Å²) < 4.78 is 54.6. The van der Waals surface area contributed by atoms with Crippen LogP contribution in [-0.4, -0.2) is 19.8 Å². The minimum Gasteiger partial charge on any atom is -0.473 e. The van der Waals surface area contributed by atoms with E-state index in [0.29, 0.717) is 22.4 Å². The number of methoxy groups -OCH3 is 1. The molecule has 1 aliphatic rings. The van der Waals surface area contributed by atoms with Crippen molar-refractivity contribution in [2.45, 2.75) is 12.7 Å². The molecule has 0 N–H and O–H groups in total. The number of hydrogen-bond donors (Lipinski definition) is 0. The lowest BCUT2D eigenvalue weighted by atomic mass is 10.1. The van der Waals surface area contributed by atoms with Crippen molar-refractivity contribution in [1.29, 1.82) is 0 Å². The summed E-state index contributed by atoms with van der Waals surface area (Å²) in [5.74, 6) is -0.366. The van der Waals surface area contributed by atoms with Crippen molar-refractivity contribution in [1.82, 2.24) is 0 Å². The maximum atomic E-state index is 13.0. The van der Waals surface area contributed by atoms with Gasteiger partial charge < -0.3 is 18.8 Å². The SMILES string of the molecule is COC(=O)c1cc2ccc3c(c2oc1=O)CN(c1cccc(C(F)(F)F)c1)CO3. The number of esters is 1. The van der Waals surface area contributed by atoms with Crippen molar-refractivity contribution in [3.8, 4) is 5.75 Å². The van der Waals surface area contributed by atoms with Gasteiger partial charge in [0.15, 0.2) is 6.73 Å². The fourth-order valence-electron chi connectivity index (χ4n) is 3.19. The first-order valence-electron chi connectivity index (χ1n) is 8.51. The molecule has 2 aromatic carbocycles. The summed E-state index contributed by atoms with van der Waals surface area (Å²) in [4.78, 5) is 25.5. The number of fused-ring (bicyclic) bond motifs is 3. The Balaban J connectivity index is 1.76. The largest absolute Gasteiger partial charge is 0.473 e. The maximum absolute atomic E-state index is 13.0. The standard InChI is InChI=1S/C20H14F3NO5/c1-27-18(25)14-7-11-5-6-16-15(17(11)29-19(14)26)9-24(10-28-16)13-4-2-3-12(8-13)20(21,22)23/h2-8H,9-10H2,1H3. The molecule has 6 nitrogen and oxygen atoms in total. The number of hydrogen-bond acceptors (Lipinski definition) is 6. The topological polar surface area (TPSA) is 69.0 Å². The molecule has 29 heavy (non-hydrogen) atoms. The van der Waals surface area contributed by atoms with E-state index in [2.05, 4.69) is 4.74 Å². The molecule has 4 rings (SSSR count). The smallest absolute Gasteiger partial charge is 0.416 e. The highest BCUT2D eigenvalue weighted by Gasteiger charge is 2.31. The van der Waals surface area contributed by atoms with Crippen LogP contribution in [0.2, 0.25) is 0 Å². The molecule has 0 saturated heterocycles. The van der Waals surface area contributed by atoms with Crippen molar-refractivity contribution in [3.05, 3.63) is 69.6 Å². The van der Waals surface area contributed by atoms with Gasteiger partial charge in [0.1, 0.15) is 16.9 Å². The predicted octanol–water partition coefficient (Wildman–Crippen LogP) is 3.95. The quantitative estimate of drug-likeness (QED) is 0.475. The van der Waals surface area contributed by atoms with Gasteiger partial charge in [-0.15, -0.1) is 0 Å². The number of benzene rings is 2. The van der Waals surface area contributed by atoms with Crippen LogP contribution in [0.4, 0.5) is 18.9 Å². The minimum atomic E-state index is -4.46. The van der Waals surface area contributed by atoms with Crippen molar-refractivity contribution >= 4 is 22.6 Å². The van der Waals surface area contributed by atoms with Crippen LogP contribution in [0.25, 0.3) is 11.0 Å². The van der Waals surface area contributed by atoms with Gasteiger partial charge in [-0.3, -0.25) is 0 Å². The molecule has 0 atom stereocenters. The van der Waals surface area contributed by atoms with E-state index in [0.717, 1.165) is 19.2 Å². The van der Waals surface area contributed by atoms with Crippen LogP contribution in [0.1, 0.15) is 21.5 Å². The summed E-state index contributed by atoms with van der Waals surface area (Å²) in [6, 6.07) is 9.53. The molecule has 0 unspecified atom stereocenters. The van der Waals surface area contributed by atoms with Gasteiger partial charge in [-0.1, -0.05) is 6.07 Å². The second-order valence-corrected chi connectivity index (χ2v) is 6.42. The van der Waals surface area contributed by atoms with E-state index in [1.54, 1.807) is 23.1 Å². The Hall–Kier alpha value is -3.49. The van der Waals surface area contributed by atoms with Gasteiger partial charge in [0.05, 0.1) is 24.8 Å². The van der Waals surface area contributed by atoms with Gasteiger partial charge in [-0.05, 0) is 36.4 Å². The Kier molecular flexibility index (Phi) is 4.45. The molecule has 0 aliphatic carbocycles. The maximum Gasteiger partial charge on any atom is 0.416 e. The lowest BCUT2D eigenvalue weighted by Crippen LogP contribution is -2.32. The van der Waals surface area contributed by atoms with Crippen LogP contribution in [0.15, 0.2) is 51.7 Å². The van der Waals surface area contributed by atoms with Crippen LogP contribution < -0.4 is 15.3 Å². The number of halogens is 3. The first-order chi connectivity index (χ1) is 13.8. The zero-order chi connectivity index (χ0) is 20.8. The van der Waals surface area contributed by atoms with Gasteiger partial charge in [0, 0.05) is 11.1 Å². The normalized spacial score (nSPS) is 13.7. The van der Waals surface area contributed by atoms with Crippen molar-refractivity contribution in [2.75, 3.05) is 18.7 Å². The molecule has 3 aromatic rings. The molecule has 2 heterocycles. The molecule has 0 saturated carbocycles. The Labute approximate surface area is 162 Å². The molecule has 0 spiro atoms. The monoisotopic (exact) mass is 405 g/mol. The highest BCUT2D eigenvalue weighted by molar-refractivity contribution is 5.94. The van der Waals surface area contributed by atoms with Crippen molar-refractivity contribution in [3.63, 3.8) is 0 Å². The lowest BCUT2D eigenvalue weighted by Gasteiger charge is -2.31. The molecule has 9 heteroatoms. The molecule has 150 valence electrons. The third-order valence-electron chi connectivity index (χ3n) is 4.63.